The first-order valence-corrected chi connectivity index (χ1v) is 12.9. The number of nitrogens with one attached hydrogen (secondary N) is 2. The smallest absolute Gasteiger partial charge is 0.270 e. The van der Waals surface area contributed by atoms with Gasteiger partial charge >= 0.3 is 0 Å². The molecule has 1 unspecified atom stereocenters. The number of carbonyl (C=O) groups excluding carboxylic acids is 3. The average molecular weight is 545 g/mol. The molecule has 1 aromatic carbocycles. The van der Waals surface area contributed by atoms with Crippen LogP contribution in [0.4, 0.5) is 20.4 Å². The van der Waals surface area contributed by atoms with Gasteiger partial charge in [-0.1, -0.05) is 19.9 Å². The summed E-state index contributed by atoms with van der Waals surface area (Å²) in [6.45, 7) is 4.70. The van der Waals surface area contributed by atoms with E-state index in [1.54, 1.807) is 45.3 Å². The molecule has 2 N–H and O–H groups in total. The lowest BCUT2D eigenvalue weighted by Gasteiger charge is -2.33. The summed E-state index contributed by atoms with van der Waals surface area (Å²) in [6.07, 6.45) is 4.17. The standard InChI is InChI=1S/C29H26F2N6O3/c1-15(2)24-26(39)37(28(3,36-24)18-8-19(30)10-20(31)9-18)14-23(38)34-22-7-16-11-29(12-17(16)13-33-22)21-5-4-6-32-25(21)35-27(29)40/h4-10,13,15H,11-12,14H2,1-3H3,(H,32,35,40)(H,33,34,38)/t28-,29?/m1/s1. The molecule has 3 aliphatic rings. The number of hydrogen-bond donors (Lipinski definition) is 2. The van der Waals surface area contributed by atoms with Gasteiger partial charge in [-0.2, -0.15) is 0 Å². The number of fused-ring (bicyclic) bond motifs is 3. The molecular formula is C29H26F2N6O3. The maximum atomic E-state index is 14.1. The molecule has 4 heterocycles. The Morgan fingerprint density at radius 3 is 2.55 bits per heavy atom. The number of aromatic nitrogens is 2. The van der Waals surface area contributed by atoms with Crippen molar-refractivity contribution in [3.8, 4) is 0 Å². The fourth-order valence-corrected chi connectivity index (χ4v) is 5.88. The van der Waals surface area contributed by atoms with E-state index < -0.39 is 41.1 Å². The highest BCUT2D eigenvalue weighted by atomic mass is 19.1. The van der Waals surface area contributed by atoms with E-state index in [0.717, 1.165) is 34.9 Å². The second kappa shape index (κ2) is 9.00. The molecule has 0 bridgehead atoms. The quantitative estimate of drug-likeness (QED) is 0.510. The van der Waals surface area contributed by atoms with Crippen molar-refractivity contribution in [2.45, 2.75) is 44.7 Å². The number of pyridine rings is 2. The molecule has 0 saturated heterocycles. The van der Waals surface area contributed by atoms with E-state index in [1.165, 1.54) is 4.90 Å². The third-order valence-electron chi connectivity index (χ3n) is 7.91. The fraction of sp³-hybridized carbons (Fsp3) is 0.310. The molecule has 0 radical (unpaired) electrons. The molecule has 9 nitrogen and oxygen atoms in total. The Balaban J connectivity index is 1.24. The molecule has 1 aliphatic carbocycles. The number of benzene rings is 1. The zero-order chi connectivity index (χ0) is 28.4. The third-order valence-corrected chi connectivity index (χ3v) is 7.91. The average Bonchev–Trinajstić information content (AvgIpc) is 3.50. The van der Waals surface area contributed by atoms with Crippen LogP contribution in [0.25, 0.3) is 0 Å². The van der Waals surface area contributed by atoms with Gasteiger partial charge in [-0.3, -0.25) is 24.3 Å². The zero-order valence-electron chi connectivity index (χ0n) is 22.1. The molecule has 2 aromatic heterocycles. The number of anilines is 2. The first kappa shape index (κ1) is 25.7. The summed E-state index contributed by atoms with van der Waals surface area (Å²) in [5.74, 6) is -2.22. The van der Waals surface area contributed by atoms with Gasteiger partial charge < -0.3 is 10.6 Å². The second-order valence-electron chi connectivity index (χ2n) is 10.9. The SMILES string of the molecule is CC(C)C1=N[C@@](C)(c2cc(F)cc(F)c2)N(CC(=O)Nc2cc3c(cn2)CC2(C3)C(=O)Nc3ncccc32)C1=O. The van der Waals surface area contributed by atoms with E-state index >= 15 is 0 Å². The van der Waals surface area contributed by atoms with Crippen molar-refractivity contribution in [2.24, 2.45) is 10.9 Å². The van der Waals surface area contributed by atoms with Crippen LogP contribution in [0, 0.1) is 17.6 Å². The molecule has 3 aromatic rings. The highest BCUT2D eigenvalue weighted by Gasteiger charge is 2.51. The number of hydrogen-bond acceptors (Lipinski definition) is 6. The number of nitrogens with zero attached hydrogens (tertiary/aromatic N) is 4. The lowest BCUT2D eigenvalue weighted by Crippen LogP contribution is -2.47. The topological polar surface area (TPSA) is 117 Å². The van der Waals surface area contributed by atoms with Crippen molar-refractivity contribution in [3.63, 3.8) is 0 Å². The minimum atomic E-state index is -1.48. The third kappa shape index (κ3) is 3.95. The maximum Gasteiger partial charge on any atom is 0.270 e. The van der Waals surface area contributed by atoms with Crippen LogP contribution in [0.3, 0.4) is 0 Å². The van der Waals surface area contributed by atoms with Gasteiger partial charge in [0.25, 0.3) is 5.91 Å². The van der Waals surface area contributed by atoms with Crippen LogP contribution < -0.4 is 10.6 Å². The number of amides is 3. The summed E-state index contributed by atoms with van der Waals surface area (Å²) >= 11 is 0. The Labute approximate surface area is 228 Å². The van der Waals surface area contributed by atoms with E-state index in [1.807, 2.05) is 6.07 Å². The molecule has 11 heteroatoms. The Hall–Kier alpha value is -4.54. The molecule has 0 saturated carbocycles. The van der Waals surface area contributed by atoms with Crippen LogP contribution in [-0.2, 0) is 38.3 Å². The van der Waals surface area contributed by atoms with Gasteiger partial charge in [0.1, 0.15) is 35.5 Å². The van der Waals surface area contributed by atoms with Crippen molar-refractivity contribution in [1.29, 1.82) is 0 Å². The number of carbonyl (C=O) groups is 3. The summed E-state index contributed by atoms with van der Waals surface area (Å²) in [5.41, 5.74) is 0.688. The molecule has 6 rings (SSSR count). The van der Waals surface area contributed by atoms with Crippen molar-refractivity contribution < 1.29 is 23.2 Å². The summed E-state index contributed by atoms with van der Waals surface area (Å²) in [4.78, 5) is 53.8. The number of aliphatic imine (C=N–C) groups is 1. The highest BCUT2D eigenvalue weighted by Crippen LogP contribution is 2.46. The maximum absolute atomic E-state index is 14.1. The van der Waals surface area contributed by atoms with Crippen LogP contribution >= 0.6 is 0 Å². The van der Waals surface area contributed by atoms with Crippen LogP contribution in [0.2, 0.25) is 0 Å². The normalized spacial score (nSPS) is 22.9. The molecule has 40 heavy (non-hydrogen) atoms. The molecule has 1 spiro atoms. The monoisotopic (exact) mass is 544 g/mol. The van der Waals surface area contributed by atoms with Gasteiger partial charge in [-0.25, -0.2) is 18.7 Å². The summed E-state index contributed by atoms with van der Waals surface area (Å²) in [6, 6.07) is 8.38. The molecule has 2 atom stereocenters. The van der Waals surface area contributed by atoms with Gasteiger partial charge in [0, 0.05) is 35.5 Å². The second-order valence-corrected chi connectivity index (χ2v) is 10.9. The van der Waals surface area contributed by atoms with Crippen LogP contribution in [0.5, 0.6) is 0 Å². The van der Waals surface area contributed by atoms with E-state index in [4.69, 9.17) is 0 Å². The van der Waals surface area contributed by atoms with Crippen LogP contribution in [0.15, 0.2) is 53.8 Å². The van der Waals surface area contributed by atoms with Crippen LogP contribution in [0.1, 0.15) is 43.0 Å². The van der Waals surface area contributed by atoms with E-state index in [2.05, 4.69) is 25.6 Å². The molecule has 0 fully saturated rings. The van der Waals surface area contributed by atoms with Gasteiger partial charge in [-0.15, -0.1) is 0 Å². The summed E-state index contributed by atoms with van der Waals surface area (Å²) in [5, 5.41) is 5.59. The highest BCUT2D eigenvalue weighted by molar-refractivity contribution is 6.41. The molecule has 3 amide bonds. The summed E-state index contributed by atoms with van der Waals surface area (Å²) in [7, 11) is 0. The Kier molecular flexibility index (Phi) is 5.79. The number of rotatable bonds is 5. The van der Waals surface area contributed by atoms with Gasteiger partial charge in [0.15, 0.2) is 5.66 Å². The van der Waals surface area contributed by atoms with Gasteiger partial charge in [0.2, 0.25) is 11.8 Å². The van der Waals surface area contributed by atoms with E-state index in [-0.39, 0.29) is 28.9 Å². The predicted molar refractivity (Wildman–Crippen MR) is 143 cm³/mol. The fourth-order valence-electron chi connectivity index (χ4n) is 5.88. The van der Waals surface area contributed by atoms with Crippen LogP contribution in [-0.4, -0.2) is 44.8 Å². The summed E-state index contributed by atoms with van der Waals surface area (Å²) < 4.78 is 28.2. The Morgan fingerprint density at radius 1 is 1.10 bits per heavy atom. The molecular weight excluding hydrogens is 518 g/mol. The molecule has 2 aliphatic heterocycles. The predicted octanol–water partition coefficient (Wildman–Crippen LogP) is 3.49. The Bertz CT molecular complexity index is 1620. The van der Waals surface area contributed by atoms with Crippen molar-refractivity contribution in [3.05, 3.63) is 82.7 Å². The van der Waals surface area contributed by atoms with Crippen molar-refractivity contribution in [1.82, 2.24) is 14.9 Å². The van der Waals surface area contributed by atoms with Gasteiger partial charge in [0.05, 0.1) is 5.41 Å². The lowest BCUT2D eigenvalue weighted by molar-refractivity contribution is -0.133. The Morgan fingerprint density at radius 2 is 1.82 bits per heavy atom. The first-order valence-electron chi connectivity index (χ1n) is 12.9. The van der Waals surface area contributed by atoms with E-state index in [0.29, 0.717) is 18.7 Å². The number of halogens is 2. The minimum Gasteiger partial charge on any atom is -0.310 e. The van der Waals surface area contributed by atoms with Crippen molar-refractivity contribution >= 4 is 35.1 Å². The van der Waals surface area contributed by atoms with Crippen molar-refractivity contribution in [2.75, 3.05) is 17.2 Å². The molecule has 204 valence electrons. The zero-order valence-corrected chi connectivity index (χ0v) is 22.1. The largest absolute Gasteiger partial charge is 0.310 e. The first-order chi connectivity index (χ1) is 19.0. The van der Waals surface area contributed by atoms with E-state index in [9.17, 15) is 23.2 Å². The lowest BCUT2D eigenvalue weighted by atomic mass is 9.79. The van der Waals surface area contributed by atoms with Gasteiger partial charge in [-0.05, 0) is 55.2 Å². The minimum absolute atomic E-state index is 0.118.